The minimum atomic E-state index is 0.348. The van der Waals surface area contributed by atoms with Crippen LogP contribution in [0.4, 0.5) is 5.95 Å². The molecular weight excluding hydrogens is 344 g/mol. The Balaban J connectivity index is 1.86. The Morgan fingerprint density at radius 2 is 1.85 bits per heavy atom. The van der Waals surface area contributed by atoms with E-state index < -0.39 is 0 Å². The number of benzene rings is 1. The SMILES string of the molecule is CCN(CC)CCC[C@@H](C)Nc1nccc(/C=C/c2ccc(Cl)cc2)n1. The fourth-order valence-corrected chi connectivity index (χ4v) is 2.87. The van der Waals surface area contributed by atoms with Gasteiger partial charge < -0.3 is 10.2 Å². The summed E-state index contributed by atoms with van der Waals surface area (Å²) in [6.07, 6.45) is 8.08. The highest BCUT2D eigenvalue weighted by molar-refractivity contribution is 6.30. The lowest BCUT2D eigenvalue weighted by atomic mass is 10.2. The first kappa shape index (κ1) is 20.4. The number of halogens is 1. The van der Waals surface area contributed by atoms with Gasteiger partial charge in [0.15, 0.2) is 0 Å². The van der Waals surface area contributed by atoms with Crippen molar-refractivity contribution >= 4 is 29.7 Å². The zero-order valence-corrected chi connectivity index (χ0v) is 16.7. The van der Waals surface area contributed by atoms with Crippen molar-refractivity contribution < 1.29 is 0 Å². The molecule has 4 nitrogen and oxygen atoms in total. The van der Waals surface area contributed by atoms with Gasteiger partial charge >= 0.3 is 0 Å². The van der Waals surface area contributed by atoms with E-state index in [4.69, 9.17) is 11.6 Å². The minimum Gasteiger partial charge on any atom is -0.352 e. The van der Waals surface area contributed by atoms with Gasteiger partial charge in [-0.25, -0.2) is 9.97 Å². The molecule has 1 aromatic carbocycles. The van der Waals surface area contributed by atoms with Gasteiger partial charge in [-0.15, -0.1) is 0 Å². The lowest BCUT2D eigenvalue weighted by molar-refractivity contribution is 0.295. The second-order valence-electron chi connectivity index (χ2n) is 6.40. The standard InChI is InChI=1S/C21H29ClN4/c1-4-26(5-2)16-6-7-17(3)24-21-23-15-14-20(25-21)13-10-18-8-11-19(22)12-9-18/h8-15,17H,4-7,16H2,1-3H3,(H,23,24,25)/b13-10+/t17-/m1/s1. The molecule has 140 valence electrons. The molecule has 0 bridgehead atoms. The normalized spacial score (nSPS) is 12.7. The minimum absolute atomic E-state index is 0.348. The maximum absolute atomic E-state index is 5.91. The molecule has 2 rings (SSSR count). The van der Waals surface area contributed by atoms with E-state index in [1.807, 2.05) is 42.5 Å². The molecule has 1 heterocycles. The number of hydrogen-bond acceptors (Lipinski definition) is 4. The van der Waals surface area contributed by atoms with E-state index in [9.17, 15) is 0 Å². The van der Waals surface area contributed by atoms with Crippen LogP contribution in [-0.2, 0) is 0 Å². The van der Waals surface area contributed by atoms with Gasteiger partial charge in [-0.05, 0) is 69.2 Å². The number of hydrogen-bond donors (Lipinski definition) is 1. The predicted octanol–water partition coefficient (Wildman–Crippen LogP) is 5.22. The van der Waals surface area contributed by atoms with Gasteiger partial charge in [0.1, 0.15) is 0 Å². The van der Waals surface area contributed by atoms with Crippen LogP contribution in [0.2, 0.25) is 5.02 Å². The molecule has 0 radical (unpaired) electrons. The summed E-state index contributed by atoms with van der Waals surface area (Å²) in [5.41, 5.74) is 1.97. The third-order valence-corrected chi connectivity index (χ3v) is 4.63. The maximum Gasteiger partial charge on any atom is 0.223 e. The molecule has 0 spiro atoms. The van der Waals surface area contributed by atoms with E-state index in [-0.39, 0.29) is 0 Å². The summed E-state index contributed by atoms with van der Waals surface area (Å²) in [4.78, 5) is 11.4. The molecule has 0 aliphatic carbocycles. The monoisotopic (exact) mass is 372 g/mol. The van der Waals surface area contributed by atoms with E-state index in [1.165, 1.54) is 6.42 Å². The van der Waals surface area contributed by atoms with Gasteiger partial charge in [-0.2, -0.15) is 0 Å². The smallest absolute Gasteiger partial charge is 0.223 e. The molecule has 5 heteroatoms. The Morgan fingerprint density at radius 1 is 1.12 bits per heavy atom. The first-order valence-corrected chi connectivity index (χ1v) is 9.74. The highest BCUT2D eigenvalue weighted by Crippen LogP contribution is 2.13. The first-order valence-electron chi connectivity index (χ1n) is 9.36. The summed E-state index contributed by atoms with van der Waals surface area (Å²) in [7, 11) is 0. The van der Waals surface area contributed by atoms with Crippen molar-refractivity contribution in [3.05, 3.63) is 52.8 Å². The number of nitrogens with zero attached hydrogens (tertiary/aromatic N) is 3. The van der Waals surface area contributed by atoms with Crippen LogP contribution in [-0.4, -0.2) is 40.5 Å². The number of aromatic nitrogens is 2. The molecule has 0 fully saturated rings. The Kier molecular flexibility index (Phi) is 8.59. The van der Waals surface area contributed by atoms with Crippen molar-refractivity contribution in [2.24, 2.45) is 0 Å². The Hall–Kier alpha value is -1.91. The van der Waals surface area contributed by atoms with E-state index >= 15 is 0 Å². The Morgan fingerprint density at radius 3 is 2.54 bits per heavy atom. The van der Waals surface area contributed by atoms with E-state index in [0.29, 0.717) is 12.0 Å². The topological polar surface area (TPSA) is 41.0 Å². The first-order chi connectivity index (χ1) is 12.6. The van der Waals surface area contributed by atoms with Crippen molar-refractivity contribution in [3.8, 4) is 0 Å². The second kappa shape index (κ2) is 10.9. The van der Waals surface area contributed by atoms with Crippen molar-refractivity contribution in [1.82, 2.24) is 14.9 Å². The third-order valence-electron chi connectivity index (χ3n) is 4.38. The summed E-state index contributed by atoms with van der Waals surface area (Å²) < 4.78 is 0. The van der Waals surface area contributed by atoms with Gasteiger partial charge in [0.05, 0.1) is 5.69 Å². The van der Waals surface area contributed by atoms with Crippen molar-refractivity contribution in [3.63, 3.8) is 0 Å². The van der Waals surface area contributed by atoms with Gasteiger partial charge in [0, 0.05) is 17.3 Å². The molecule has 1 aromatic heterocycles. The van der Waals surface area contributed by atoms with E-state index in [2.05, 4.69) is 41.0 Å². The largest absolute Gasteiger partial charge is 0.352 e. The third kappa shape index (κ3) is 7.14. The van der Waals surface area contributed by atoms with E-state index in [1.54, 1.807) is 6.20 Å². The van der Waals surface area contributed by atoms with Crippen LogP contribution >= 0.6 is 11.6 Å². The predicted molar refractivity (Wildman–Crippen MR) is 113 cm³/mol. The Labute approximate surface area is 162 Å². The second-order valence-corrected chi connectivity index (χ2v) is 6.84. The van der Waals surface area contributed by atoms with Gasteiger partial charge in [0.2, 0.25) is 5.95 Å². The molecule has 0 aliphatic rings. The van der Waals surface area contributed by atoms with Crippen LogP contribution in [0.1, 0.15) is 44.9 Å². The van der Waals surface area contributed by atoms with Crippen molar-refractivity contribution in [2.45, 2.75) is 39.7 Å². The highest BCUT2D eigenvalue weighted by Gasteiger charge is 2.06. The fourth-order valence-electron chi connectivity index (χ4n) is 2.74. The molecule has 26 heavy (non-hydrogen) atoms. The number of nitrogens with one attached hydrogen (secondary N) is 1. The molecular formula is C21H29ClN4. The Bertz CT molecular complexity index is 681. The number of rotatable bonds is 10. The summed E-state index contributed by atoms with van der Waals surface area (Å²) in [6, 6.07) is 9.99. The van der Waals surface area contributed by atoms with Gasteiger partial charge in [0.25, 0.3) is 0 Å². The van der Waals surface area contributed by atoms with Crippen LogP contribution < -0.4 is 5.32 Å². The van der Waals surface area contributed by atoms with Crippen LogP contribution in [0.5, 0.6) is 0 Å². The van der Waals surface area contributed by atoms with Crippen molar-refractivity contribution in [1.29, 1.82) is 0 Å². The molecule has 0 saturated heterocycles. The molecule has 1 atom stereocenters. The maximum atomic E-state index is 5.91. The molecule has 2 aromatic rings. The molecule has 0 saturated carbocycles. The molecule has 0 amide bonds. The lowest BCUT2D eigenvalue weighted by Crippen LogP contribution is -2.26. The van der Waals surface area contributed by atoms with Crippen molar-refractivity contribution in [2.75, 3.05) is 25.0 Å². The molecule has 0 unspecified atom stereocenters. The van der Waals surface area contributed by atoms with Crippen LogP contribution in [0.25, 0.3) is 12.2 Å². The highest BCUT2D eigenvalue weighted by atomic mass is 35.5. The molecule has 1 N–H and O–H groups in total. The number of anilines is 1. The zero-order chi connectivity index (χ0) is 18.8. The summed E-state index contributed by atoms with van der Waals surface area (Å²) in [5, 5.41) is 4.15. The summed E-state index contributed by atoms with van der Waals surface area (Å²) >= 11 is 5.91. The summed E-state index contributed by atoms with van der Waals surface area (Å²) in [6.45, 7) is 9.97. The van der Waals surface area contributed by atoms with Crippen LogP contribution in [0, 0.1) is 0 Å². The fraction of sp³-hybridized carbons (Fsp3) is 0.429. The summed E-state index contributed by atoms with van der Waals surface area (Å²) in [5.74, 6) is 0.679. The molecule has 0 aliphatic heterocycles. The van der Waals surface area contributed by atoms with E-state index in [0.717, 1.165) is 42.3 Å². The van der Waals surface area contributed by atoms with Gasteiger partial charge in [-0.1, -0.05) is 43.7 Å². The van der Waals surface area contributed by atoms with Crippen LogP contribution in [0.15, 0.2) is 36.5 Å². The zero-order valence-electron chi connectivity index (χ0n) is 16.0. The van der Waals surface area contributed by atoms with Gasteiger partial charge in [-0.3, -0.25) is 0 Å². The quantitative estimate of drug-likeness (QED) is 0.620. The lowest BCUT2D eigenvalue weighted by Gasteiger charge is -2.19. The van der Waals surface area contributed by atoms with Crippen LogP contribution in [0.3, 0.4) is 0 Å². The average molecular weight is 373 g/mol. The average Bonchev–Trinajstić information content (AvgIpc) is 2.65.